The van der Waals surface area contributed by atoms with Gasteiger partial charge in [0.2, 0.25) is 0 Å². The molecular weight excluding hydrogens is 436 g/mol. The molecule has 0 aromatic carbocycles. The zero-order chi connectivity index (χ0) is 24.7. The average molecular weight is 477 g/mol. The second-order valence-electron chi connectivity index (χ2n) is 7.19. The number of nitrogens with one attached hydrogen (secondary N) is 2. The summed E-state index contributed by atoms with van der Waals surface area (Å²) in [7, 11) is 3.07. The molecule has 0 bridgehead atoms. The highest BCUT2D eigenvalue weighted by Gasteiger charge is 2.43. The first-order valence-corrected chi connectivity index (χ1v) is 10.2. The van der Waals surface area contributed by atoms with Crippen molar-refractivity contribution in [2.24, 2.45) is 0 Å². The van der Waals surface area contributed by atoms with E-state index in [1.165, 1.54) is 14.2 Å². The van der Waals surface area contributed by atoms with E-state index in [0.29, 0.717) is 26.3 Å². The second-order valence-corrected chi connectivity index (χ2v) is 7.19. The van der Waals surface area contributed by atoms with E-state index in [4.69, 9.17) is 29.5 Å². The predicted octanol–water partition coefficient (Wildman–Crippen LogP) is -6.32. The lowest BCUT2D eigenvalue weighted by atomic mass is 9.98. The lowest BCUT2D eigenvalue weighted by Gasteiger charge is -2.40. The van der Waals surface area contributed by atoms with Crippen LogP contribution in [0.1, 0.15) is 0 Å². The van der Waals surface area contributed by atoms with E-state index in [9.17, 15) is 30.6 Å². The molecule has 1 aliphatic heterocycles. The van der Waals surface area contributed by atoms with Gasteiger partial charge in [-0.05, 0) is 0 Å². The lowest BCUT2D eigenvalue weighted by Crippen LogP contribution is -2.62. The minimum absolute atomic E-state index is 0.0553. The van der Waals surface area contributed by atoms with Gasteiger partial charge in [0.25, 0.3) is 0 Å². The van der Waals surface area contributed by atoms with Crippen LogP contribution < -0.4 is 10.6 Å². The molecule has 0 radical (unpaired) electrons. The largest absolute Gasteiger partial charge is 0.394 e. The minimum Gasteiger partial charge on any atom is -0.394 e. The van der Waals surface area contributed by atoms with Crippen molar-refractivity contribution < 1.29 is 60.2 Å². The van der Waals surface area contributed by atoms with Crippen LogP contribution in [0.15, 0.2) is 0 Å². The maximum Gasteiger partial charge on any atom is 0.137 e. The van der Waals surface area contributed by atoms with Crippen molar-refractivity contribution in [2.75, 3.05) is 60.3 Å². The molecule has 1 aliphatic rings. The summed E-state index contributed by atoms with van der Waals surface area (Å²) in [5.74, 6) is 0. The fraction of sp³-hybridized carbons (Fsp3) is 1.00. The van der Waals surface area contributed by atoms with Gasteiger partial charge in [-0.1, -0.05) is 0 Å². The van der Waals surface area contributed by atoms with E-state index in [2.05, 4.69) is 10.6 Å². The summed E-state index contributed by atoms with van der Waals surface area (Å²) < 4.78 is 14.8. The number of methoxy groups -OCH3 is 2. The molecule has 11 N–H and O–H groups in total. The van der Waals surface area contributed by atoms with Crippen molar-refractivity contribution in [3.63, 3.8) is 0 Å². The first-order chi connectivity index (χ1) is 15.2. The third-order valence-corrected chi connectivity index (χ3v) is 4.71. The Morgan fingerprint density at radius 1 is 0.812 bits per heavy atom. The quantitative estimate of drug-likeness (QED) is 0.105. The molecule has 14 heteroatoms. The van der Waals surface area contributed by atoms with E-state index < -0.39 is 68.3 Å². The van der Waals surface area contributed by atoms with Crippen molar-refractivity contribution in [3.05, 3.63) is 0 Å². The Morgan fingerprint density at radius 2 is 1.38 bits per heavy atom. The Kier molecular flexibility index (Phi) is 17.5. The van der Waals surface area contributed by atoms with Crippen LogP contribution in [0.5, 0.6) is 0 Å². The van der Waals surface area contributed by atoms with Gasteiger partial charge in [0.05, 0.1) is 32.5 Å². The Balaban J connectivity index is 0.000000601. The van der Waals surface area contributed by atoms with Crippen LogP contribution in [0.4, 0.5) is 0 Å². The summed E-state index contributed by atoms with van der Waals surface area (Å²) in [4.78, 5) is 0. The van der Waals surface area contributed by atoms with Crippen LogP contribution in [0.25, 0.3) is 0 Å². The average Bonchev–Trinajstić information content (AvgIpc) is 2.80. The van der Waals surface area contributed by atoms with E-state index in [1.807, 2.05) is 0 Å². The molecule has 194 valence electrons. The van der Waals surface area contributed by atoms with Gasteiger partial charge < -0.3 is 65.5 Å². The molecule has 0 amide bonds. The molecule has 1 saturated heterocycles. The summed E-state index contributed by atoms with van der Waals surface area (Å²) in [5.41, 5.74) is 0. The number of hydrogen-bond acceptors (Lipinski definition) is 14. The Labute approximate surface area is 187 Å². The molecule has 1 unspecified atom stereocenters. The lowest BCUT2D eigenvalue weighted by molar-refractivity contribution is -0.236. The van der Waals surface area contributed by atoms with Crippen LogP contribution >= 0.6 is 0 Å². The van der Waals surface area contributed by atoms with Crippen LogP contribution in [0.2, 0.25) is 0 Å². The van der Waals surface area contributed by atoms with Gasteiger partial charge in [-0.15, -0.1) is 0 Å². The third kappa shape index (κ3) is 11.0. The molecule has 32 heavy (non-hydrogen) atoms. The van der Waals surface area contributed by atoms with Gasteiger partial charge >= 0.3 is 0 Å². The van der Waals surface area contributed by atoms with E-state index >= 15 is 0 Å². The number of aliphatic hydroxyl groups is 9. The van der Waals surface area contributed by atoms with Crippen LogP contribution in [-0.4, -0.2) is 161 Å². The maximum atomic E-state index is 9.60. The molecule has 1 rings (SSSR count). The molecular formula is C18H40N2O12. The maximum absolute atomic E-state index is 9.60. The molecule has 0 aromatic heterocycles. The van der Waals surface area contributed by atoms with Gasteiger partial charge in [0.15, 0.2) is 0 Å². The number of rotatable bonds is 14. The number of hydrogen-bond donors (Lipinski definition) is 11. The minimum atomic E-state index is -1.58. The van der Waals surface area contributed by atoms with Crippen molar-refractivity contribution in [1.82, 2.24) is 10.6 Å². The highest BCUT2D eigenvalue weighted by atomic mass is 16.6. The highest BCUT2D eigenvalue weighted by Crippen LogP contribution is 2.19. The van der Waals surface area contributed by atoms with Crippen molar-refractivity contribution in [2.45, 2.75) is 55.1 Å². The molecule has 0 aliphatic carbocycles. The van der Waals surface area contributed by atoms with Gasteiger partial charge in [-0.25, -0.2) is 0 Å². The molecule has 1 fully saturated rings. The standard InChI is InChI=1S/C9H19NO6.C9H21NO6/c1-15-3-2-10-9-8(14)7(13)6(12)5(4-11)16-9;1-16-3-2-10-4-6(12)8(14)9(15)7(13)5-11/h5-14H,2-4H2,1H3;6-15H,2-5H2,1H3/t5-,6-,7+,8-,9?;6-,7+,8+,9+/m10/s1. The van der Waals surface area contributed by atoms with Gasteiger partial charge in [0, 0.05) is 33.9 Å². The first kappa shape index (κ1) is 31.4. The first-order valence-electron chi connectivity index (χ1n) is 10.2. The Bertz CT molecular complexity index is 445. The third-order valence-electron chi connectivity index (χ3n) is 4.71. The van der Waals surface area contributed by atoms with E-state index in [0.717, 1.165) is 0 Å². The SMILES string of the molecule is COCCNC1O[C@H](CO)[C@@H](O)[C@H](O)[C@H]1O.COCCNC[C@H](O)[C@@H](O)[C@H](O)[C@H](O)CO. The van der Waals surface area contributed by atoms with Gasteiger partial charge in [0.1, 0.15) is 49.0 Å². The fourth-order valence-corrected chi connectivity index (χ4v) is 2.68. The number of ether oxygens (including phenoxy) is 3. The fourth-order valence-electron chi connectivity index (χ4n) is 2.68. The van der Waals surface area contributed by atoms with E-state index in [1.54, 1.807) is 0 Å². The number of aliphatic hydroxyl groups excluding tert-OH is 9. The molecule has 1 heterocycles. The molecule has 0 saturated carbocycles. The predicted molar refractivity (Wildman–Crippen MR) is 110 cm³/mol. The second kappa shape index (κ2) is 17.9. The summed E-state index contributed by atoms with van der Waals surface area (Å²) >= 11 is 0. The smallest absolute Gasteiger partial charge is 0.137 e. The molecule has 14 nitrogen and oxygen atoms in total. The zero-order valence-corrected chi connectivity index (χ0v) is 18.4. The summed E-state index contributed by atoms with van der Waals surface area (Å²) in [5, 5.41) is 88.8. The normalized spacial score (nSPS) is 29.5. The van der Waals surface area contributed by atoms with E-state index in [-0.39, 0.29) is 6.54 Å². The molecule has 0 aromatic rings. The molecule has 9 atom stereocenters. The Hall–Kier alpha value is -0.560. The van der Waals surface area contributed by atoms with Crippen LogP contribution in [0, 0.1) is 0 Å². The van der Waals surface area contributed by atoms with Crippen LogP contribution in [0.3, 0.4) is 0 Å². The van der Waals surface area contributed by atoms with Gasteiger partial charge in [-0.3, -0.25) is 5.32 Å². The van der Waals surface area contributed by atoms with Crippen LogP contribution in [-0.2, 0) is 14.2 Å². The highest BCUT2D eigenvalue weighted by molar-refractivity contribution is 4.90. The summed E-state index contributed by atoms with van der Waals surface area (Å²) in [6, 6.07) is 0. The Morgan fingerprint density at radius 3 is 1.91 bits per heavy atom. The monoisotopic (exact) mass is 476 g/mol. The zero-order valence-electron chi connectivity index (χ0n) is 18.4. The topological polar surface area (TPSA) is 234 Å². The van der Waals surface area contributed by atoms with Crippen molar-refractivity contribution in [3.8, 4) is 0 Å². The van der Waals surface area contributed by atoms with Gasteiger partial charge in [-0.2, -0.15) is 0 Å². The summed E-state index contributed by atoms with van der Waals surface area (Å²) in [6.45, 7) is 0.771. The van der Waals surface area contributed by atoms with Crippen molar-refractivity contribution in [1.29, 1.82) is 0 Å². The van der Waals surface area contributed by atoms with Crippen molar-refractivity contribution >= 4 is 0 Å². The summed E-state index contributed by atoms with van der Waals surface area (Å²) in [6.07, 6.45) is -11.4. The molecule has 0 spiro atoms.